The predicted octanol–water partition coefficient (Wildman–Crippen LogP) is 4.13. The molecule has 1 aliphatic carbocycles. The van der Waals surface area contributed by atoms with Gasteiger partial charge in [0.2, 0.25) is 0 Å². The maximum absolute atomic E-state index is 12.1. The normalized spacial score (nSPS) is 16.5. The molecule has 1 aliphatic rings. The molecule has 132 valence electrons. The van der Waals surface area contributed by atoms with Crippen molar-refractivity contribution in [3.63, 3.8) is 0 Å². The Hall–Kier alpha value is -2.04. The molecule has 0 spiro atoms. The van der Waals surface area contributed by atoms with Crippen molar-refractivity contribution in [1.29, 1.82) is 0 Å². The van der Waals surface area contributed by atoms with Gasteiger partial charge < -0.3 is 14.8 Å². The van der Waals surface area contributed by atoms with Gasteiger partial charge in [0.15, 0.2) is 0 Å². The van der Waals surface area contributed by atoms with Crippen molar-refractivity contribution in [2.45, 2.75) is 52.2 Å². The summed E-state index contributed by atoms with van der Waals surface area (Å²) in [6.07, 6.45) is 4.61. The molecule has 1 saturated carbocycles. The van der Waals surface area contributed by atoms with Crippen molar-refractivity contribution in [2.75, 3.05) is 6.54 Å². The van der Waals surface area contributed by atoms with E-state index in [1.54, 1.807) is 24.3 Å². The average Bonchev–Trinajstić information content (AvgIpc) is 2.61. The Morgan fingerprint density at radius 3 is 2.38 bits per heavy atom. The number of amides is 1. The maximum atomic E-state index is 12.1. The van der Waals surface area contributed by atoms with Gasteiger partial charge >= 0.3 is 12.1 Å². The zero-order chi connectivity index (χ0) is 17.4. The highest BCUT2D eigenvalue weighted by Crippen LogP contribution is 2.22. The number of hydrogen-bond donors (Lipinski definition) is 1. The first kappa shape index (κ1) is 18.3. The molecule has 0 aliphatic heterocycles. The molecule has 2 rings (SSSR count). The van der Waals surface area contributed by atoms with E-state index >= 15 is 0 Å². The van der Waals surface area contributed by atoms with Crippen molar-refractivity contribution in [1.82, 2.24) is 5.32 Å². The third kappa shape index (κ3) is 5.87. The van der Waals surface area contributed by atoms with Crippen LogP contribution < -0.4 is 5.32 Å². The van der Waals surface area contributed by atoms with Gasteiger partial charge in [-0.15, -0.1) is 0 Å². The minimum Gasteiger partial charge on any atom is -0.421 e. The molecule has 1 N–H and O–H groups in total. The highest BCUT2D eigenvalue weighted by atomic mass is 16.7. The van der Waals surface area contributed by atoms with Crippen molar-refractivity contribution in [3.8, 4) is 0 Å². The molecule has 0 saturated heterocycles. The second-order valence-electron chi connectivity index (χ2n) is 6.67. The molecule has 1 unspecified atom stereocenters. The first-order valence-corrected chi connectivity index (χ1v) is 8.76. The minimum atomic E-state index is -0.899. The van der Waals surface area contributed by atoms with Crippen LogP contribution in [0.4, 0.5) is 4.79 Å². The zero-order valence-electron chi connectivity index (χ0n) is 14.5. The van der Waals surface area contributed by atoms with Crippen LogP contribution in [-0.4, -0.2) is 24.9 Å². The lowest BCUT2D eigenvalue weighted by molar-refractivity contribution is -0.0955. The van der Waals surface area contributed by atoms with Gasteiger partial charge in [-0.25, -0.2) is 9.59 Å². The Bertz CT molecular complexity index is 523. The highest BCUT2D eigenvalue weighted by Gasteiger charge is 2.24. The van der Waals surface area contributed by atoms with Gasteiger partial charge in [0.05, 0.1) is 5.56 Å². The van der Waals surface area contributed by atoms with Gasteiger partial charge in [-0.1, -0.05) is 51.3 Å². The summed E-state index contributed by atoms with van der Waals surface area (Å²) < 4.78 is 10.6. The van der Waals surface area contributed by atoms with Crippen LogP contribution in [0.1, 0.15) is 56.3 Å². The molecule has 1 aromatic carbocycles. The number of rotatable bonds is 6. The Morgan fingerprint density at radius 1 is 1.08 bits per heavy atom. The summed E-state index contributed by atoms with van der Waals surface area (Å²) >= 11 is 0. The Labute approximate surface area is 143 Å². The van der Waals surface area contributed by atoms with E-state index < -0.39 is 18.4 Å². The van der Waals surface area contributed by atoms with Crippen LogP contribution in [0.3, 0.4) is 0 Å². The predicted molar refractivity (Wildman–Crippen MR) is 91.5 cm³/mol. The van der Waals surface area contributed by atoms with E-state index in [4.69, 9.17) is 9.47 Å². The number of ether oxygens (including phenoxy) is 2. The van der Waals surface area contributed by atoms with Crippen LogP contribution >= 0.6 is 0 Å². The van der Waals surface area contributed by atoms with E-state index in [2.05, 4.69) is 5.32 Å². The van der Waals surface area contributed by atoms with Gasteiger partial charge in [-0.2, -0.15) is 0 Å². The molecule has 0 heterocycles. The third-order valence-electron chi connectivity index (χ3n) is 4.26. The van der Waals surface area contributed by atoms with E-state index in [0.717, 1.165) is 12.8 Å². The van der Waals surface area contributed by atoms with E-state index in [0.29, 0.717) is 18.0 Å². The van der Waals surface area contributed by atoms with Gasteiger partial charge in [-0.05, 0) is 30.9 Å². The molecular weight excluding hydrogens is 306 g/mol. The summed E-state index contributed by atoms with van der Waals surface area (Å²) in [7, 11) is 0. The third-order valence-corrected chi connectivity index (χ3v) is 4.26. The summed E-state index contributed by atoms with van der Waals surface area (Å²) in [6.45, 7) is 4.31. The van der Waals surface area contributed by atoms with Crippen LogP contribution in [0.25, 0.3) is 0 Å². The number of carbonyl (C=O) groups is 2. The topological polar surface area (TPSA) is 64.6 Å². The highest BCUT2D eigenvalue weighted by molar-refractivity contribution is 5.89. The number of nitrogens with one attached hydrogen (secondary N) is 1. The maximum Gasteiger partial charge on any atom is 0.410 e. The molecule has 0 bridgehead atoms. The van der Waals surface area contributed by atoms with Gasteiger partial charge in [-0.3, -0.25) is 0 Å². The fourth-order valence-corrected chi connectivity index (χ4v) is 2.81. The molecule has 1 aromatic rings. The Morgan fingerprint density at radius 2 is 1.75 bits per heavy atom. The van der Waals surface area contributed by atoms with E-state index in [-0.39, 0.29) is 5.92 Å². The lowest BCUT2D eigenvalue weighted by Gasteiger charge is -2.24. The van der Waals surface area contributed by atoms with E-state index in [1.807, 2.05) is 19.9 Å². The van der Waals surface area contributed by atoms with Crippen LogP contribution in [0, 0.1) is 11.8 Å². The fraction of sp³-hybridized carbons (Fsp3) is 0.579. The van der Waals surface area contributed by atoms with E-state index in [1.165, 1.54) is 19.3 Å². The second-order valence-corrected chi connectivity index (χ2v) is 6.67. The monoisotopic (exact) mass is 333 g/mol. The molecule has 1 atom stereocenters. The molecule has 24 heavy (non-hydrogen) atoms. The summed E-state index contributed by atoms with van der Waals surface area (Å²) in [6, 6.07) is 8.69. The standard InChI is InChI=1S/C19H27NO4/c1-14(2)18(23-17(21)16-11-7-4-8-12-16)24-19(22)20-13-15-9-5-3-6-10-15/h4,7-8,11-12,14-15,18H,3,5-6,9-10,13H2,1-2H3,(H,20,22). The van der Waals surface area contributed by atoms with Crippen LogP contribution in [0.5, 0.6) is 0 Å². The number of benzene rings is 1. The molecule has 1 fully saturated rings. The van der Waals surface area contributed by atoms with Gasteiger partial charge in [0.25, 0.3) is 6.29 Å². The van der Waals surface area contributed by atoms with Gasteiger partial charge in [0, 0.05) is 12.5 Å². The minimum absolute atomic E-state index is 0.127. The summed E-state index contributed by atoms with van der Waals surface area (Å²) in [4.78, 5) is 24.1. The summed E-state index contributed by atoms with van der Waals surface area (Å²) in [5.74, 6) is -0.0943. The first-order valence-electron chi connectivity index (χ1n) is 8.76. The second kappa shape index (κ2) is 9.30. The first-order chi connectivity index (χ1) is 11.6. The van der Waals surface area contributed by atoms with Crippen LogP contribution in [0.2, 0.25) is 0 Å². The lowest BCUT2D eigenvalue weighted by Crippen LogP contribution is -2.37. The van der Waals surface area contributed by atoms with Crippen LogP contribution in [-0.2, 0) is 9.47 Å². The smallest absolute Gasteiger partial charge is 0.410 e. The quantitative estimate of drug-likeness (QED) is 0.628. The zero-order valence-corrected chi connectivity index (χ0v) is 14.5. The summed E-state index contributed by atoms with van der Waals surface area (Å²) in [5, 5.41) is 2.80. The van der Waals surface area contributed by atoms with Crippen LogP contribution in [0.15, 0.2) is 30.3 Å². The Balaban J connectivity index is 1.81. The van der Waals surface area contributed by atoms with Crippen molar-refractivity contribution in [2.24, 2.45) is 11.8 Å². The van der Waals surface area contributed by atoms with Crippen molar-refractivity contribution < 1.29 is 19.1 Å². The summed E-state index contributed by atoms with van der Waals surface area (Å²) in [5.41, 5.74) is 0.439. The average molecular weight is 333 g/mol. The van der Waals surface area contributed by atoms with E-state index in [9.17, 15) is 9.59 Å². The molecule has 5 nitrogen and oxygen atoms in total. The largest absolute Gasteiger partial charge is 0.421 e. The molecule has 1 amide bonds. The number of alkyl carbamates (subject to hydrolysis) is 1. The SMILES string of the molecule is CC(C)C(OC(=O)NCC1CCCCC1)OC(=O)c1ccccc1. The fourth-order valence-electron chi connectivity index (χ4n) is 2.81. The number of carbonyl (C=O) groups excluding carboxylic acids is 2. The molecule has 0 radical (unpaired) electrons. The molecule has 5 heteroatoms. The van der Waals surface area contributed by atoms with Gasteiger partial charge in [0.1, 0.15) is 0 Å². The number of hydrogen-bond acceptors (Lipinski definition) is 4. The molecular formula is C19H27NO4. The van der Waals surface area contributed by atoms with Crippen molar-refractivity contribution in [3.05, 3.63) is 35.9 Å². The number of esters is 1. The Kier molecular flexibility index (Phi) is 7.09. The van der Waals surface area contributed by atoms with Crippen molar-refractivity contribution >= 4 is 12.1 Å². The molecule has 0 aromatic heterocycles. The lowest BCUT2D eigenvalue weighted by atomic mass is 9.89.